The normalized spacial score (nSPS) is 11.2. The molecule has 0 atom stereocenters. The van der Waals surface area contributed by atoms with Gasteiger partial charge in [-0.15, -0.1) is 0 Å². The summed E-state index contributed by atoms with van der Waals surface area (Å²) < 4.78 is 0. The molecule has 5 heterocycles. The molecule has 0 aliphatic rings. The van der Waals surface area contributed by atoms with E-state index in [0.717, 1.165) is 55.4 Å². The highest BCUT2D eigenvalue weighted by atomic mass is 16.1. The second-order valence-corrected chi connectivity index (χ2v) is 9.19. The van der Waals surface area contributed by atoms with Crippen molar-refractivity contribution in [3.63, 3.8) is 0 Å². The predicted molar refractivity (Wildman–Crippen MR) is 152 cm³/mol. The van der Waals surface area contributed by atoms with Gasteiger partial charge in [0.15, 0.2) is 0 Å². The van der Waals surface area contributed by atoms with Crippen LogP contribution in [0.3, 0.4) is 0 Å². The first-order chi connectivity index (χ1) is 19.2. The van der Waals surface area contributed by atoms with Crippen LogP contribution in [-0.2, 0) is 0 Å². The number of benzene rings is 2. The molecule has 5 aromatic heterocycles. The van der Waals surface area contributed by atoms with Gasteiger partial charge in [0.05, 0.1) is 34.8 Å². The molecule has 7 rings (SSSR count). The highest BCUT2D eigenvalue weighted by Gasteiger charge is 2.15. The van der Waals surface area contributed by atoms with Crippen molar-refractivity contribution in [1.82, 2.24) is 30.1 Å². The topological polar surface area (TPSA) is 112 Å². The molecular weight excluding hydrogens is 486 g/mol. The zero-order valence-corrected chi connectivity index (χ0v) is 20.6. The number of fused-ring (bicyclic) bond motifs is 2. The van der Waals surface area contributed by atoms with E-state index in [0.29, 0.717) is 11.3 Å². The lowest BCUT2D eigenvalue weighted by molar-refractivity contribution is 0.102. The van der Waals surface area contributed by atoms with E-state index in [1.54, 1.807) is 30.7 Å². The molecule has 0 aliphatic heterocycles. The number of pyridine rings is 3. The molecule has 0 bridgehead atoms. The summed E-state index contributed by atoms with van der Waals surface area (Å²) in [7, 11) is 0. The monoisotopic (exact) mass is 507 g/mol. The van der Waals surface area contributed by atoms with E-state index < -0.39 is 0 Å². The molecule has 0 fully saturated rings. The van der Waals surface area contributed by atoms with Crippen LogP contribution in [-0.4, -0.2) is 36.0 Å². The van der Waals surface area contributed by atoms with Crippen LogP contribution in [0.5, 0.6) is 0 Å². The number of aromatic nitrogens is 6. The SMILES string of the molecule is O=C(Nc1cncc(-c2ccc3[nH]nc(-c4cc5c(-c6cccnc6)cncc5[nH]4)c3c2)c1)c1ccccc1. The molecule has 8 heteroatoms. The van der Waals surface area contributed by atoms with Crippen LogP contribution < -0.4 is 5.32 Å². The van der Waals surface area contributed by atoms with Gasteiger partial charge in [-0.25, -0.2) is 0 Å². The van der Waals surface area contributed by atoms with Crippen molar-refractivity contribution < 1.29 is 4.79 Å². The minimum absolute atomic E-state index is 0.180. The molecule has 39 heavy (non-hydrogen) atoms. The second-order valence-electron chi connectivity index (χ2n) is 9.19. The Balaban J connectivity index is 1.25. The van der Waals surface area contributed by atoms with Gasteiger partial charge in [-0.3, -0.25) is 24.8 Å². The highest BCUT2D eigenvalue weighted by molar-refractivity contribution is 6.05. The Kier molecular flexibility index (Phi) is 5.41. The Morgan fingerprint density at radius 2 is 1.56 bits per heavy atom. The first-order valence-electron chi connectivity index (χ1n) is 12.4. The summed E-state index contributed by atoms with van der Waals surface area (Å²) in [4.78, 5) is 29.2. The second kappa shape index (κ2) is 9.35. The zero-order chi connectivity index (χ0) is 26.2. The number of H-pyrrole nitrogens is 2. The van der Waals surface area contributed by atoms with Crippen LogP contribution in [0.15, 0.2) is 110 Å². The lowest BCUT2D eigenvalue weighted by atomic mass is 10.0. The van der Waals surface area contributed by atoms with Gasteiger partial charge in [0.2, 0.25) is 0 Å². The fourth-order valence-electron chi connectivity index (χ4n) is 4.79. The summed E-state index contributed by atoms with van der Waals surface area (Å²) in [6, 6.07) is 23.2. The average Bonchev–Trinajstić information content (AvgIpc) is 3.62. The van der Waals surface area contributed by atoms with Crippen LogP contribution in [0.25, 0.3) is 55.4 Å². The minimum atomic E-state index is -0.180. The fraction of sp³-hybridized carbons (Fsp3) is 0. The van der Waals surface area contributed by atoms with Crippen molar-refractivity contribution in [3.8, 4) is 33.6 Å². The van der Waals surface area contributed by atoms with Crippen LogP contribution in [0, 0.1) is 0 Å². The maximum absolute atomic E-state index is 12.6. The molecule has 0 saturated carbocycles. The summed E-state index contributed by atoms with van der Waals surface area (Å²) >= 11 is 0. The minimum Gasteiger partial charge on any atom is -0.352 e. The summed E-state index contributed by atoms with van der Waals surface area (Å²) in [5.41, 5.74) is 8.59. The number of nitrogens with zero attached hydrogens (tertiary/aromatic N) is 4. The maximum Gasteiger partial charge on any atom is 0.255 e. The third-order valence-corrected chi connectivity index (χ3v) is 6.70. The van der Waals surface area contributed by atoms with Gasteiger partial charge in [-0.1, -0.05) is 30.3 Å². The van der Waals surface area contributed by atoms with Crippen LogP contribution in [0.4, 0.5) is 5.69 Å². The zero-order valence-electron chi connectivity index (χ0n) is 20.6. The van der Waals surface area contributed by atoms with Gasteiger partial charge < -0.3 is 10.3 Å². The van der Waals surface area contributed by atoms with Crippen molar-refractivity contribution in [1.29, 1.82) is 0 Å². The number of rotatable bonds is 5. The Morgan fingerprint density at radius 1 is 0.692 bits per heavy atom. The number of amides is 1. The quantitative estimate of drug-likeness (QED) is 0.247. The molecule has 0 unspecified atom stereocenters. The van der Waals surface area contributed by atoms with Gasteiger partial charge in [0, 0.05) is 57.8 Å². The maximum atomic E-state index is 12.6. The largest absolute Gasteiger partial charge is 0.352 e. The van der Waals surface area contributed by atoms with Crippen molar-refractivity contribution in [2.45, 2.75) is 0 Å². The predicted octanol–water partition coefficient (Wildman–Crippen LogP) is 6.48. The smallest absolute Gasteiger partial charge is 0.255 e. The van der Waals surface area contributed by atoms with E-state index in [1.165, 1.54) is 0 Å². The Morgan fingerprint density at radius 3 is 2.44 bits per heavy atom. The summed E-state index contributed by atoms with van der Waals surface area (Å²) in [6.45, 7) is 0. The van der Waals surface area contributed by atoms with E-state index in [4.69, 9.17) is 0 Å². The lowest BCUT2D eigenvalue weighted by Gasteiger charge is -2.08. The van der Waals surface area contributed by atoms with Gasteiger partial charge in [0.25, 0.3) is 5.91 Å². The number of hydrogen-bond donors (Lipinski definition) is 3. The summed E-state index contributed by atoms with van der Waals surface area (Å²) in [5, 5.41) is 12.7. The molecule has 2 aromatic carbocycles. The Bertz CT molecular complexity index is 1960. The van der Waals surface area contributed by atoms with E-state index >= 15 is 0 Å². The van der Waals surface area contributed by atoms with Gasteiger partial charge in [0.1, 0.15) is 5.69 Å². The summed E-state index contributed by atoms with van der Waals surface area (Å²) in [5.74, 6) is -0.180. The average molecular weight is 508 g/mol. The number of nitrogens with one attached hydrogen (secondary N) is 3. The molecule has 0 radical (unpaired) electrons. The van der Waals surface area contributed by atoms with Crippen molar-refractivity contribution >= 4 is 33.4 Å². The number of aromatic amines is 2. The molecule has 0 aliphatic carbocycles. The lowest BCUT2D eigenvalue weighted by Crippen LogP contribution is -2.11. The molecule has 3 N–H and O–H groups in total. The van der Waals surface area contributed by atoms with E-state index in [1.807, 2.05) is 67.1 Å². The van der Waals surface area contributed by atoms with E-state index in [-0.39, 0.29) is 5.91 Å². The van der Waals surface area contributed by atoms with Gasteiger partial charge in [-0.05, 0) is 48.0 Å². The standard InChI is InChI=1S/C31H21N7O/c39-31(19-5-2-1-3-6-19)35-23-11-22(15-33-16-23)20-8-9-27-25(12-20)30(38-37-27)28-13-24-26(17-34-18-29(24)36-28)21-7-4-10-32-14-21/h1-18,36H,(H,35,39)(H,37,38). The van der Waals surface area contributed by atoms with Gasteiger partial charge >= 0.3 is 0 Å². The highest BCUT2D eigenvalue weighted by Crippen LogP contribution is 2.34. The fourth-order valence-corrected chi connectivity index (χ4v) is 4.79. The van der Waals surface area contributed by atoms with Crippen LogP contribution in [0.1, 0.15) is 10.4 Å². The Hall–Kier alpha value is -5.63. The van der Waals surface area contributed by atoms with Crippen LogP contribution >= 0.6 is 0 Å². The number of carbonyl (C=O) groups is 1. The van der Waals surface area contributed by atoms with Crippen molar-refractivity contribution in [2.75, 3.05) is 5.32 Å². The molecule has 186 valence electrons. The Labute approximate surface area is 222 Å². The summed E-state index contributed by atoms with van der Waals surface area (Å²) in [6.07, 6.45) is 10.7. The molecule has 8 nitrogen and oxygen atoms in total. The van der Waals surface area contributed by atoms with Crippen molar-refractivity contribution in [3.05, 3.63) is 116 Å². The van der Waals surface area contributed by atoms with E-state index in [9.17, 15) is 4.79 Å². The van der Waals surface area contributed by atoms with Gasteiger partial charge in [-0.2, -0.15) is 5.10 Å². The van der Waals surface area contributed by atoms with Crippen molar-refractivity contribution in [2.24, 2.45) is 0 Å². The first kappa shape index (κ1) is 22.6. The number of carbonyl (C=O) groups excluding carboxylic acids is 1. The number of hydrogen-bond acceptors (Lipinski definition) is 5. The third-order valence-electron chi connectivity index (χ3n) is 6.70. The molecule has 1 amide bonds. The van der Waals surface area contributed by atoms with E-state index in [2.05, 4.69) is 47.6 Å². The molecule has 0 spiro atoms. The molecular formula is C31H21N7O. The third kappa shape index (κ3) is 4.19. The molecule has 7 aromatic rings. The van der Waals surface area contributed by atoms with Crippen LogP contribution in [0.2, 0.25) is 0 Å². The first-order valence-corrected chi connectivity index (χ1v) is 12.4. The molecule has 0 saturated heterocycles. The number of anilines is 1.